The van der Waals surface area contributed by atoms with Crippen molar-refractivity contribution in [2.24, 2.45) is 0 Å². The van der Waals surface area contributed by atoms with Crippen molar-refractivity contribution in [3.05, 3.63) is 72.8 Å². The highest BCUT2D eigenvalue weighted by Gasteiger charge is 2.22. The lowest BCUT2D eigenvalue weighted by molar-refractivity contribution is -0.122. The largest absolute Gasteiger partial charge is 0.441 e. The summed E-state index contributed by atoms with van der Waals surface area (Å²) in [5.74, 6) is 1.27. The average Bonchev–Trinajstić information content (AvgIpc) is 3.29. The van der Waals surface area contributed by atoms with E-state index in [1.165, 1.54) is 0 Å². The minimum atomic E-state index is -0.0143. The monoisotopic (exact) mass is 432 g/mol. The lowest BCUT2D eigenvalue weighted by atomic mass is 10.0. The molecular weight excluding hydrogens is 404 g/mol. The normalized spacial score (nSPS) is 14.8. The average molecular weight is 433 g/mol. The Kier molecular flexibility index (Phi) is 7.30. The highest BCUT2D eigenvalue weighted by atomic mass is 16.4. The molecule has 2 amide bonds. The van der Waals surface area contributed by atoms with Crippen LogP contribution in [0.2, 0.25) is 0 Å². The van der Waals surface area contributed by atoms with Crippen LogP contribution in [0.5, 0.6) is 0 Å². The van der Waals surface area contributed by atoms with E-state index in [-0.39, 0.29) is 17.9 Å². The van der Waals surface area contributed by atoms with Crippen LogP contribution >= 0.6 is 0 Å². The number of piperidine rings is 1. The number of anilines is 1. The number of oxazole rings is 1. The number of aryl methyl sites for hydroxylation is 1. The Bertz CT molecular complexity index is 1010. The molecule has 0 bridgehead atoms. The number of amides is 2. The zero-order valence-corrected chi connectivity index (χ0v) is 18.0. The molecule has 0 unspecified atom stereocenters. The van der Waals surface area contributed by atoms with Crippen molar-refractivity contribution >= 4 is 17.5 Å². The van der Waals surface area contributed by atoms with Gasteiger partial charge >= 0.3 is 0 Å². The Balaban J connectivity index is 1.15. The smallest absolute Gasteiger partial charge is 0.238 e. The van der Waals surface area contributed by atoms with Gasteiger partial charge in [-0.05, 0) is 25.0 Å². The Labute approximate surface area is 187 Å². The summed E-state index contributed by atoms with van der Waals surface area (Å²) in [5.41, 5.74) is 1.78. The van der Waals surface area contributed by atoms with Gasteiger partial charge < -0.3 is 15.1 Å². The molecule has 0 radical (unpaired) electrons. The third kappa shape index (κ3) is 6.28. The maximum atomic E-state index is 12.4. The van der Waals surface area contributed by atoms with Crippen LogP contribution in [-0.2, 0) is 16.0 Å². The molecule has 0 spiro atoms. The van der Waals surface area contributed by atoms with Crippen LogP contribution < -0.4 is 10.6 Å². The Morgan fingerprint density at radius 3 is 2.38 bits per heavy atom. The predicted octanol–water partition coefficient (Wildman–Crippen LogP) is 3.49. The Morgan fingerprint density at radius 2 is 1.66 bits per heavy atom. The van der Waals surface area contributed by atoms with Crippen LogP contribution in [0.3, 0.4) is 0 Å². The molecule has 1 aromatic heterocycles. The fourth-order valence-corrected chi connectivity index (χ4v) is 3.84. The molecule has 0 atom stereocenters. The molecule has 1 aliphatic rings. The van der Waals surface area contributed by atoms with Gasteiger partial charge in [-0.25, -0.2) is 4.98 Å². The highest BCUT2D eigenvalue weighted by Crippen LogP contribution is 2.20. The van der Waals surface area contributed by atoms with Gasteiger partial charge in [0, 0.05) is 43.2 Å². The molecule has 2 aromatic carbocycles. The van der Waals surface area contributed by atoms with Crippen molar-refractivity contribution in [3.63, 3.8) is 0 Å². The van der Waals surface area contributed by atoms with Gasteiger partial charge in [-0.15, -0.1) is 0 Å². The summed E-state index contributed by atoms with van der Waals surface area (Å²) in [4.78, 5) is 31.0. The maximum absolute atomic E-state index is 12.4. The lowest BCUT2D eigenvalue weighted by Crippen LogP contribution is -2.46. The summed E-state index contributed by atoms with van der Waals surface area (Å²) in [6.45, 7) is 1.93. The van der Waals surface area contributed by atoms with Crippen molar-refractivity contribution in [2.75, 3.05) is 25.0 Å². The molecule has 2 N–H and O–H groups in total. The second-order valence-corrected chi connectivity index (χ2v) is 8.02. The number of aromatic nitrogens is 1. The molecule has 0 aliphatic carbocycles. The third-order valence-electron chi connectivity index (χ3n) is 5.56. The van der Waals surface area contributed by atoms with Gasteiger partial charge in [-0.2, -0.15) is 0 Å². The SMILES string of the molecule is O=C(CN1CCC(NC(=O)CCc2ncc(-c3ccccc3)o2)CC1)Nc1ccccc1. The standard InChI is InChI=1S/C25H28N4O3/c30-23(11-12-25-26-17-22(32-25)19-7-3-1-4-8-19)27-21-13-15-29(16-14-21)18-24(31)28-20-9-5-2-6-10-20/h1-10,17,21H,11-16,18H2,(H,27,30)(H,28,31). The maximum Gasteiger partial charge on any atom is 0.238 e. The van der Waals surface area contributed by atoms with E-state index in [1.807, 2.05) is 60.7 Å². The van der Waals surface area contributed by atoms with Gasteiger partial charge in [-0.3, -0.25) is 14.5 Å². The van der Waals surface area contributed by atoms with Crippen molar-refractivity contribution in [2.45, 2.75) is 31.7 Å². The minimum absolute atomic E-state index is 0.00438. The minimum Gasteiger partial charge on any atom is -0.441 e. The van der Waals surface area contributed by atoms with E-state index >= 15 is 0 Å². The molecule has 0 saturated carbocycles. The number of carbonyl (C=O) groups excluding carboxylic acids is 2. The first-order chi connectivity index (χ1) is 15.7. The van der Waals surface area contributed by atoms with Crippen molar-refractivity contribution in [1.82, 2.24) is 15.2 Å². The zero-order valence-electron chi connectivity index (χ0n) is 18.0. The number of nitrogens with one attached hydrogen (secondary N) is 2. The first-order valence-electron chi connectivity index (χ1n) is 11.0. The van der Waals surface area contributed by atoms with E-state index < -0.39 is 0 Å². The third-order valence-corrected chi connectivity index (χ3v) is 5.56. The number of likely N-dealkylation sites (tertiary alicyclic amines) is 1. The molecule has 7 nitrogen and oxygen atoms in total. The number of para-hydroxylation sites is 1. The van der Waals surface area contributed by atoms with Gasteiger partial charge in [0.15, 0.2) is 11.7 Å². The van der Waals surface area contributed by atoms with E-state index in [4.69, 9.17) is 4.42 Å². The molecule has 166 valence electrons. The van der Waals surface area contributed by atoms with Gasteiger partial charge in [0.05, 0.1) is 12.7 Å². The fraction of sp³-hybridized carbons (Fsp3) is 0.320. The number of hydrogen-bond donors (Lipinski definition) is 2. The van der Waals surface area contributed by atoms with E-state index in [2.05, 4.69) is 20.5 Å². The molecule has 4 rings (SSSR count). The van der Waals surface area contributed by atoms with E-state index in [1.54, 1.807) is 6.20 Å². The Hall–Kier alpha value is -3.45. The van der Waals surface area contributed by atoms with Gasteiger partial charge in [-0.1, -0.05) is 48.5 Å². The number of benzene rings is 2. The fourth-order valence-electron chi connectivity index (χ4n) is 3.84. The molecule has 3 aromatic rings. The van der Waals surface area contributed by atoms with Crippen molar-refractivity contribution in [1.29, 1.82) is 0 Å². The van der Waals surface area contributed by atoms with Crippen LogP contribution in [0, 0.1) is 0 Å². The van der Waals surface area contributed by atoms with Crippen LogP contribution in [0.1, 0.15) is 25.2 Å². The second-order valence-electron chi connectivity index (χ2n) is 8.02. The molecule has 1 fully saturated rings. The summed E-state index contributed by atoms with van der Waals surface area (Å²) in [7, 11) is 0. The van der Waals surface area contributed by atoms with Gasteiger partial charge in [0.1, 0.15) is 0 Å². The molecule has 1 saturated heterocycles. The summed E-state index contributed by atoms with van der Waals surface area (Å²) >= 11 is 0. The van der Waals surface area contributed by atoms with Crippen molar-refractivity contribution < 1.29 is 14.0 Å². The number of hydrogen-bond acceptors (Lipinski definition) is 5. The zero-order chi connectivity index (χ0) is 22.2. The first kappa shape index (κ1) is 21.8. The quantitative estimate of drug-likeness (QED) is 0.569. The summed E-state index contributed by atoms with van der Waals surface area (Å²) in [6.07, 6.45) is 4.18. The number of rotatable bonds is 8. The van der Waals surface area contributed by atoms with E-state index in [0.29, 0.717) is 31.0 Å². The number of carbonyl (C=O) groups is 2. The first-order valence-corrected chi connectivity index (χ1v) is 11.0. The predicted molar refractivity (Wildman–Crippen MR) is 123 cm³/mol. The summed E-state index contributed by atoms with van der Waals surface area (Å²) < 4.78 is 5.77. The van der Waals surface area contributed by atoms with Gasteiger partial charge in [0.25, 0.3) is 0 Å². The van der Waals surface area contributed by atoms with Crippen LogP contribution in [0.4, 0.5) is 5.69 Å². The highest BCUT2D eigenvalue weighted by molar-refractivity contribution is 5.92. The number of nitrogens with zero attached hydrogens (tertiary/aromatic N) is 2. The topological polar surface area (TPSA) is 87.5 Å². The van der Waals surface area contributed by atoms with Crippen molar-refractivity contribution in [3.8, 4) is 11.3 Å². The molecule has 32 heavy (non-hydrogen) atoms. The lowest BCUT2D eigenvalue weighted by Gasteiger charge is -2.31. The molecule has 2 heterocycles. The van der Waals surface area contributed by atoms with E-state index in [0.717, 1.165) is 37.2 Å². The van der Waals surface area contributed by atoms with Crippen LogP contribution in [0.15, 0.2) is 71.3 Å². The van der Waals surface area contributed by atoms with Crippen LogP contribution in [-0.4, -0.2) is 47.4 Å². The molecular formula is C25H28N4O3. The van der Waals surface area contributed by atoms with Gasteiger partial charge in [0.2, 0.25) is 11.8 Å². The van der Waals surface area contributed by atoms with Crippen LogP contribution in [0.25, 0.3) is 11.3 Å². The summed E-state index contributed by atoms with van der Waals surface area (Å²) in [5, 5.41) is 6.02. The second kappa shape index (κ2) is 10.7. The molecule has 7 heteroatoms. The summed E-state index contributed by atoms with van der Waals surface area (Å²) in [6, 6.07) is 19.4. The Morgan fingerprint density at radius 1 is 0.969 bits per heavy atom. The molecule has 1 aliphatic heterocycles. The van der Waals surface area contributed by atoms with E-state index in [9.17, 15) is 9.59 Å².